The van der Waals surface area contributed by atoms with Crippen LogP contribution in [0, 0.1) is 5.92 Å². The summed E-state index contributed by atoms with van der Waals surface area (Å²) in [5, 5.41) is 12.9. The number of hydrogen-bond acceptors (Lipinski definition) is 3. The Hall–Kier alpha value is -2.24. The first kappa shape index (κ1) is 14.2. The number of benzene rings is 1. The minimum atomic E-state index is -1.14. The fourth-order valence-electron chi connectivity index (χ4n) is 2.20. The van der Waals surface area contributed by atoms with E-state index in [0.717, 1.165) is 0 Å². The van der Waals surface area contributed by atoms with Gasteiger partial charge in [0.2, 0.25) is 5.91 Å². The molecule has 1 aliphatic rings. The predicted molar refractivity (Wildman–Crippen MR) is 72.9 cm³/mol. The van der Waals surface area contributed by atoms with Crippen LogP contribution in [-0.2, 0) is 4.79 Å². The molecule has 8 heteroatoms. The van der Waals surface area contributed by atoms with E-state index in [9.17, 15) is 14.7 Å². The maximum absolute atomic E-state index is 12.0. The molecule has 0 radical (unpaired) electrons. The summed E-state index contributed by atoms with van der Waals surface area (Å²) in [6.45, 7) is 0.550. The zero-order valence-corrected chi connectivity index (χ0v) is 11.1. The predicted octanol–water partition coefficient (Wildman–Crippen LogP) is 2.70. The van der Waals surface area contributed by atoms with Crippen LogP contribution in [0.15, 0.2) is 23.3 Å². The number of carbonyl (C=O) groups is 2. The third-order valence-electron chi connectivity index (χ3n) is 3.09. The number of azide groups is 1. The van der Waals surface area contributed by atoms with Gasteiger partial charge in [-0.3, -0.25) is 4.79 Å². The molecule has 1 aromatic carbocycles. The molecule has 1 aliphatic heterocycles. The van der Waals surface area contributed by atoms with Crippen LogP contribution in [0.1, 0.15) is 16.8 Å². The minimum Gasteiger partial charge on any atom is -0.478 e. The first-order valence-electron chi connectivity index (χ1n) is 5.87. The SMILES string of the molecule is [N-]=[N+]=NCC1CC(=O)N(c2ccc(Cl)cc2C(=O)O)C1. The Morgan fingerprint density at radius 1 is 1.60 bits per heavy atom. The zero-order chi connectivity index (χ0) is 14.7. The number of nitrogens with zero attached hydrogens (tertiary/aromatic N) is 4. The Labute approximate surface area is 119 Å². The maximum atomic E-state index is 12.0. The van der Waals surface area contributed by atoms with E-state index in [1.165, 1.54) is 23.1 Å². The fourth-order valence-corrected chi connectivity index (χ4v) is 2.38. The second kappa shape index (κ2) is 5.81. The van der Waals surface area contributed by atoms with Crippen molar-refractivity contribution in [2.75, 3.05) is 18.0 Å². The molecule has 1 heterocycles. The van der Waals surface area contributed by atoms with Gasteiger partial charge < -0.3 is 10.0 Å². The second-order valence-electron chi connectivity index (χ2n) is 4.45. The zero-order valence-electron chi connectivity index (χ0n) is 10.4. The van der Waals surface area contributed by atoms with Crippen LogP contribution in [0.3, 0.4) is 0 Å². The van der Waals surface area contributed by atoms with Crippen molar-refractivity contribution in [1.29, 1.82) is 0 Å². The van der Waals surface area contributed by atoms with Gasteiger partial charge in [-0.2, -0.15) is 0 Å². The molecule has 1 aromatic rings. The summed E-state index contributed by atoms with van der Waals surface area (Å²) in [5.41, 5.74) is 8.59. The minimum absolute atomic E-state index is 0.0183. The summed E-state index contributed by atoms with van der Waals surface area (Å²) in [6.07, 6.45) is 0.237. The fraction of sp³-hybridized carbons (Fsp3) is 0.333. The lowest BCUT2D eigenvalue weighted by molar-refractivity contribution is -0.117. The molecular formula is C12H11ClN4O3. The molecule has 0 spiro atoms. The second-order valence-corrected chi connectivity index (χ2v) is 4.89. The molecule has 1 unspecified atom stereocenters. The van der Waals surface area contributed by atoms with Gasteiger partial charge in [0, 0.05) is 29.4 Å². The van der Waals surface area contributed by atoms with Crippen molar-refractivity contribution < 1.29 is 14.7 Å². The van der Waals surface area contributed by atoms with E-state index in [-0.39, 0.29) is 30.4 Å². The van der Waals surface area contributed by atoms with Crippen molar-refractivity contribution in [3.8, 4) is 0 Å². The molecule has 2 rings (SSSR count). The average molecular weight is 295 g/mol. The van der Waals surface area contributed by atoms with Gasteiger partial charge in [0.25, 0.3) is 0 Å². The number of aromatic carboxylic acids is 1. The number of halogens is 1. The molecule has 0 saturated carbocycles. The molecule has 7 nitrogen and oxygen atoms in total. The van der Waals surface area contributed by atoms with E-state index in [4.69, 9.17) is 17.1 Å². The highest BCUT2D eigenvalue weighted by Crippen LogP contribution is 2.30. The lowest BCUT2D eigenvalue weighted by Crippen LogP contribution is -2.26. The summed E-state index contributed by atoms with van der Waals surface area (Å²) in [7, 11) is 0. The highest BCUT2D eigenvalue weighted by Gasteiger charge is 2.32. The largest absolute Gasteiger partial charge is 0.478 e. The third-order valence-corrected chi connectivity index (χ3v) is 3.32. The van der Waals surface area contributed by atoms with Gasteiger partial charge in [0.15, 0.2) is 0 Å². The summed E-state index contributed by atoms with van der Waals surface area (Å²) in [5.74, 6) is -1.43. The van der Waals surface area contributed by atoms with E-state index in [2.05, 4.69) is 10.0 Å². The van der Waals surface area contributed by atoms with Crippen molar-refractivity contribution in [3.05, 3.63) is 39.2 Å². The van der Waals surface area contributed by atoms with Gasteiger partial charge in [0.1, 0.15) is 0 Å². The topological polar surface area (TPSA) is 106 Å². The van der Waals surface area contributed by atoms with E-state index in [1.807, 2.05) is 0 Å². The normalized spacial score (nSPS) is 17.9. The average Bonchev–Trinajstić information content (AvgIpc) is 2.77. The van der Waals surface area contributed by atoms with E-state index < -0.39 is 5.97 Å². The Morgan fingerprint density at radius 2 is 2.35 bits per heavy atom. The number of hydrogen-bond donors (Lipinski definition) is 1. The van der Waals surface area contributed by atoms with Crippen molar-refractivity contribution in [1.82, 2.24) is 0 Å². The van der Waals surface area contributed by atoms with Gasteiger partial charge >= 0.3 is 5.97 Å². The third kappa shape index (κ3) is 2.84. The monoisotopic (exact) mass is 294 g/mol. The molecule has 0 aliphatic carbocycles. The smallest absolute Gasteiger partial charge is 0.337 e. The number of rotatable bonds is 4. The number of carboxylic acids is 1. The van der Waals surface area contributed by atoms with Crippen molar-refractivity contribution in [2.45, 2.75) is 6.42 Å². The van der Waals surface area contributed by atoms with Crippen molar-refractivity contribution in [2.24, 2.45) is 11.0 Å². The number of amides is 1. The Balaban J connectivity index is 2.30. The first-order valence-corrected chi connectivity index (χ1v) is 6.24. The van der Waals surface area contributed by atoms with E-state index in [0.29, 0.717) is 17.3 Å². The highest BCUT2D eigenvalue weighted by atomic mass is 35.5. The summed E-state index contributed by atoms with van der Waals surface area (Å²) >= 11 is 5.78. The summed E-state index contributed by atoms with van der Waals surface area (Å²) < 4.78 is 0. The molecule has 1 amide bonds. The molecule has 20 heavy (non-hydrogen) atoms. The lowest BCUT2D eigenvalue weighted by atomic mass is 10.1. The molecule has 0 bridgehead atoms. The highest BCUT2D eigenvalue weighted by molar-refractivity contribution is 6.31. The Morgan fingerprint density at radius 3 is 3.00 bits per heavy atom. The Kier molecular flexibility index (Phi) is 4.12. The molecule has 1 fully saturated rings. The van der Waals surface area contributed by atoms with Gasteiger partial charge in [-0.05, 0) is 29.6 Å². The quantitative estimate of drug-likeness (QED) is 0.524. The van der Waals surface area contributed by atoms with E-state index in [1.54, 1.807) is 0 Å². The van der Waals surface area contributed by atoms with Crippen LogP contribution < -0.4 is 4.90 Å². The molecule has 1 saturated heterocycles. The van der Waals surface area contributed by atoms with Gasteiger partial charge in [-0.15, -0.1) is 0 Å². The summed E-state index contributed by atoms with van der Waals surface area (Å²) in [4.78, 5) is 27.3. The summed E-state index contributed by atoms with van der Waals surface area (Å²) in [6, 6.07) is 4.37. The molecule has 0 aromatic heterocycles. The van der Waals surface area contributed by atoms with E-state index >= 15 is 0 Å². The van der Waals surface area contributed by atoms with Crippen LogP contribution in [0.5, 0.6) is 0 Å². The van der Waals surface area contributed by atoms with Crippen LogP contribution in [0.4, 0.5) is 5.69 Å². The lowest BCUT2D eigenvalue weighted by Gasteiger charge is -2.19. The molecule has 1 atom stereocenters. The maximum Gasteiger partial charge on any atom is 0.337 e. The number of anilines is 1. The standard InChI is InChI=1S/C12H11ClN4O3/c13-8-1-2-10(9(4-8)12(19)20)17-6-7(3-11(17)18)5-15-16-14/h1-2,4,7H,3,5-6H2,(H,19,20). The molecular weight excluding hydrogens is 284 g/mol. The van der Waals surface area contributed by atoms with Crippen molar-refractivity contribution in [3.63, 3.8) is 0 Å². The Bertz CT molecular complexity index is 613. The van der Waals surface area contributed by atoms with Gasteiger partial charge in [-0.25, -0.2) is 4.79 Å². The van der Waals surface area contributed by atoms with Crippen LogP contribution in [0.25, 0.3) is 10.4 Å². The van der Waals surface area contributed by atoms with Gasteiger partial charge in [0.05, 0.1) is 11.3 Å². The van der Waals surface area contributed by atoms with Crippen LogP contribution >= 0.6 is 11.6 Å². The molecule has 1 N–H and O–H groups in total. The molecule has 104 valence electrons. The van der Waals surface area contributed by atoms with Gasteiger partial charge in [-0.1, -0.05) is 16.7 Å². The number of carboxylic acid groups (broad SMARTS) is 1. The number of carbonyl (C=O) groups excluding carboxylic acids is 1. The van der Waals surface area contributed by atoms with Crippen LogP contribution in [-0.4, -0.2) is 30.1 Å². The first-order chi connectivity index (χ1) is 9.52. The van der Waals surface area contributed by atoms with Crippen molar-refractivity contribution >= 4 is 29.2 Å². The van der Waals surface area contributed by atoms with Crippen LogP contribution in [0.2, 0.25) is 5.02 Å².